The maximum Gasteiger partial charge on any atom is 0.130 e. The first-order valence-electron chi connectivity index (χ1n) is 6.84. The molecule has 0 radical (unpaired) electrons. The molecule has 2 rings (SSSR count). The Bertz CT molecular complexity index is 395. The first-order chi connectivity index (χ1) is 8.50. The molecule has 2 heterocycles. The fourth-order valence-electron chi connectivity index (χ4n) is 2.72. The molecule has 0 aromatic carbocycles. The second kappa shape index (κ2) is 5.27. The van der Waals surface area contributed by atoms with Crippen LogP contribution in [0.4, 0.5) is 5.82 Å². The summed E-state index contributed by atoms with van der Waals surface area (Å²) in [6.07, 6.45) is 3.16. The molecule has 1 N–H and O–H groups in total. The van der Waals surface area contributed by atoms with Gasteiger partial charge in [-0.2, -0.15) is 0 Å². The van der Waals surface area contributed by atoms with Crippen molar-refractivity contribution in [3.8, 4) is 0 Å². The van der Waals surface area contributed by atoms with Crippen LogP contribution < -0.4 is 5.32 Å². The minimum atomic E-state index is 0.426. The summed E-state index contributed by atoms with van der Waals surface area (Å²) < 4.78 is 0. The van der Waals surface area contributed by atoms with Crippen molar-refractivity contribution >= 4 is 5.82 Å². The maximum atomic E-state index is 4.37. The second-order valence-corrected chi connectivity index (χ2v) is 6.35. The molecule has 18 heavy (non-hydrogen) atoms. The molecule has 3 nitrogen and oxygen atoms in total. The van der Waals surface area contributed by atoms with Crippen molar-refractivity contribution in [3.05, 3.63) is 23.9 Å². The highest BCUT2D eigenvalue weighted by Gasteiger charge is 2.31. The Balaban J connectivity index is 1.99. The molecule has 0 bridgehead atoms. The third-order valence-corrected chi connectivity index (χ3v) is 4.02. The van der Waals surface area contributed by atoms with Gasteiger partial charge in [0.25, 0.3) is 0 Å². The molecule has 0 aliphatic carbocycles. The SMILES string of the molecule is CNc1ncccc1CN1CCC(C(C)(C)C)C1. The largest absolute Gasteiger partial charge is 0.373 e. The van der Waals surface area contributed by atoms with Gasteiger partial charge < -0.3 is 5.32 Å². The molecule has 0 spiro atoms. The molecule has 0 amide bonds. The van der Waals surface area contributed by atoms with Gasteiger partial charge in [0.1, 0.15) is 5.82 Å². The normalized spacial score (nSPS) is 21.2. The van der Waals surface area contributed by atoms with E-state index in [1.54, 1.807) is 0 Å². The van der Waals surface area contributed by atoms with Gasteiger partial charge in [-0.15, -0.1) is 0 Å². The van der Waals surface area contributed by atoms with Gasteiger partial charge in [-0.3, -0.25) is 4.90 Å². The highest BCUT2D eigenvalue weighted by Crippen LogP contribution is 2.34. The van der Waals surface area contributed by atoms with E-state index in [4.69, 9.17) is 0 Å². The number of hydrogen-bond donors (Lipinski definition) is 1. The lowest BCUT2D eigenvalue weighted by Gasteiger charge is -2.27. The minimum Gasteiger partial charge on any atom is -0.373 e. The van der Waals surface area contributed by atoms with Gasteiger partial charge in [0.2, 0.25) is 0 Å². The summed E-state index contributed by atoms with van der Waals surface area (Å²) in [6, 6.07) is 4.19. The van der Waals surface area contributed by atoms with Crippen LogP contribution in [0, 0.1) is 11.3 Å². The van der Waals surface area contributed by atoms with Crippen molar-refractivity contribution in [2.75, 3.05) is 25.5 Å². The van der Waals surface area contributed by atoms with Crippen LogP contribution in [0.5, 0.6) is 0 Å². The Morgan fingerprint density at radius 3 is 2.83 bits per heavy atom. The molecule has 3 heteroatoms. The van der Waals surface area contributed by atoms with Crippen molar-refractivity contribution < 1.29 is 0 Å². The quantitative estimate of drug-likeness (QED) is 0.890. The van der Waals surface area contributed by atoms with E-state index in [0.717, 1.165) is 18.3 Å². The van der Waals surface area contributed by atoms with E-state index < -0.39 is 0 Å². The van der Waals surface area contributed by atoms with Gasteiger partial charge in [-0.05, 0) is 30.4 Å². The zero-order chi connectivity index (χ0) is 13.2. The Morgan fingerprint density at radius 1 is 1.44 bits per heavy atom. The van der Waals surface area contributed by atoms with Crippen LogP contribution in [0.1, 0.15) is 32.8 Å². The van der Waals surface area contributed by atoms with E-state index in [2.05, 4.69) is 42.0 Å². The third-order valence-electron chi connectivity index (χ3n) is 4.02. The first kappa shape index (κ1) is 13.3. The molecule has 1 aromatic heterocycles. The number of pyridine rings is 1. The lowest BCUT2D eigenvalue weighted by atomic mass is 9.80. The van der Waals surface area contributed by atoms with Crippen molar-refractivity contribution in [1.29, 1.82) is 0 Å². The summed E-state index contributed by atoms with van der Waals surface area (Å²) in [4.78, 5) is 6.92. The monoisotopic (exact) mass is 247 g/mol. The number of rotatable bonds is 3. The average Bonchev–Trinajstić information content (AvgIpc) is 2.78. The highest BCUT2D eigenvalue weighted by molar-refractivity contribution is 5.42. The van der Waals surface area contributed by atoms with Gasteiger partial charge in [-0.1, -0.05) is 26.8 Å². The summed E-state index contributed by atoms with van der Waals surface area (Å²) in [7, 11) is 1.94. The summed E-state index contributed by atoms with van der Waals surface area (Å²) in [6.45, 7) is 10.5. The van der Waals surface area contributed by atoms with E-state index in [1.165, 1.54) is 25.1 Å². The summed E-state index contributed by atoms with van der Waals surface area (Å²) in [5.74, 6) is 1.82. The number of nitrogens with zero attached hydrogens (tertiary/aromatic N) is 2. The summed E-state index contributed by atoms with van der Waals surface area (Å²) >= 11 is 0. The molecule has 1 fully saturated rings. The van der Waals surface area contributed by atoms with Crippen LogP contribution >= 0.6 is 0 Å². The molecule has 1 unspecified atom stereocenters. The zero-order valence-electron chi connectivity index (χ0n) is 12.0. The number of likely N-dealkylation sites (tertiary alicyclic amines) is 1. The van der Waals surface area contributed by atoms with Crippen molar-refractivity contribution in [2.45, 2.75) is 33.7 Å². The van der Waals surface area contributed by atoms with Gasteiger partial charge in [0.15, 0.2) is 0 Å². The molecule has 1 aliphatic heterocycles. The van der Waals surface area contributed by atoms with Crippen LogP contribution in [0.3, 0.4) is 0 Å². The zero-order valence-corrected chi connectivity index (χ0v) is 12.0. The number of anilines is 1. The number of nitrogens with one attached hydrogen (secondary N) is 1. The van der Waals surface area contributed by atoms with Crippen molar-refractivity contribution in [3.63, 3.8) is 0 Å². The predicted molar refractivity (Wildman–Crippen MR) is 76.6 cm³/mol. The van der Waals surface area contributed by atoms with Crippen molar-refractivity contribution in [1.82, 2.24) is 9.88 Å². The summed E-state index contributed by atoms with van der Waals surface area (Å²) in [5, 5.41) is 3.17. The number of aromatic nitrogens is 1. The second-order valence-electron chi connectivity index (χ2n) is 6.35. The first-order valence-corrected chi connectivity index (χ1v) is 6.84. The average molecular weight is 247 g/mol. The van der Waals surface area contributed by atoms with Gasteiger partial charge in [-0.25, -0.2) is 4.98 Å². The highest BCUT2D eigenvalue weighted by atomic mass is 15.1. The van der Waals surface area contributed by atoms with Crippen LogP contribution in [0.2, 0.25) is 0 Å². The molecular weight excluding hydrogens is 222 g/mol. The Labute approximate surface area is 111 Å². The van der Waals surface area contributed by atoms with Crippen LogP contribution in [0.25, 0.3) is 0 Å². The standard InChI is InChI=1S/C15H25N3/c1-15(2,3)13-7-9-18(11-13)10-12-6-5-8-17-14(12)16-4/h5-6,8,13H,7,9-11H2,1-4H3,(H,16,17). The Hall–Kier alpha value is -1.09. The van der Waals surface area contributed by atoms with E-state index in [9.17, 15) is 0 Å². The van der Waals surface area contributed by atoms with Crippen LogP contribution in [-0.2, 0) is 6.54 Å². The molecule has 0 saturated carbocycles. The maximum absolute atomic E-state index is 4.37. The Morgan fingerprint density at radius 2 is 2.22 bits per heavy atom. The smallest absolute Gasteiger partial charge is 0.130 e. The van der Waals surface area contributed by atoms with Gasteiger partial charge in [0.05, 0.1) is 0 Å². The summed E-state index contributed by atoms with van der Waals surface area (Å²) in [5.41, 5.74) is 1.73. The van der Waals surface area contributed by atoms with E-state index in [-0.39, 0.29) is 0 Å². The lowest BCUT2D eigenvalue weighted by molar-refractivity contribution is 0.226. The molecule has 1 atom stereocenters. The Kier molecular flexibility index (Phi) is 3.91. The van der Waals surface area contributed by atoms with Crippen LogP contribution in [0.15, 0.2) is 18.3 Å². The molecule has 1 saturated heterocycles. The topological polar surface area (TPSA) is 28.2 Å². The third kappa shape index (κ3) is 3.02. The minimum absolute atomic E-state index is 0.426. The molecule has 1 aliphatic rings. The van der Waals surface area contributed by atoms with Gasteiger partial charge in [0, 0.05) is 31.9 Å². The van der Waals surface area contributed by atoms with E-state index in [0.29, 0.717) is 5.41 Å². The fraction of sp³-hybridized carbons (Fsp3) is 0.667. The molecule has 1 aromatic rings. The van der Waals surface area contributed by atoms with Crippen molar-refractivity contribution in [2.24, 2.45) is 11.3 Å². The molecular formula is C15H25N3. The van der Waals surface area contributed by atoms with Gasteiger partial charge >= 0.3 is 0 Å². The van der Waals surface area contributed by atoms with E-state index >= 15 is 0 Å². The predicted octanol–water partition coefficient (Wildman–Crippen LogP) is 2.99. The lowest BCUT2D eigenvalue weighted by Crippen LogP contribution is -2.26. The fourth-order valence-corrected chi connectivity index (χ4v) is 2.72. The number of hydrogen-bond acceptors (Lipinski definition) is 3. The van der Waals surface area contributed by atoms with Crippen LogP contribution in [-0.4, -0.2) is 30.0 Å². The van der Waals surface area contributed by atoms with E-state index in [1.807, 2.05) is 19.3 Å². The molecule has 100 valence electrons.